The normalized spacial score (nSPS) is 9.31. The molecule has 0 saturated carbocycles. The van der Waals surface area contributed by atoms with Crippen molar-refractivity contribution < 1.29 is 4.74 Å². The van der Waals surface area contributed by atoms with Crippen molar-refractivity contribution in [2.45, 2.75) is 6.92 Å². The minimum atomic E-state index is 0.433. The van der Waals surface area contributed by atoms with Gasteiger partial charge in [0.05, 0.1) is 4.88 Å². The van der Waals surface area contributed by atoms with E-state index in [2.05, 4.69) is 11.8 Å². The molecule has 0 aliphatic rings. The Bertz CT molecular complexity index is 503. The van der Waals surface area contributed by atoms with Gasteiger partial charge in [0.25, 0.3) is 0 Å². The van der Waals surface area contributed by atoms with E-state index in [1.54, 1.807) is 11.3 Å². The average Bonchev–Trinajstić information content (AvgIpc) is 2.79. The predicted molar refractivity (Wildman–Crippen MR) is 67.9 cm³/mol. The number of rotatable bonds is 2. The van der Waals surface area contributed by atoms with Crippen LogP contribution in [-0.2, 0) is 0 Å². The molecule has 16 heavy (non-hydrogen) atoms. The summed E-state index contributed by atoms with van der Waals surface area (Å²) in [6.07, 6.45) is 0. The lowest BCUT2D eigenvalue weighted by atomic mass is 10.2. The zero-order valence-electron chi connectivity index (χ0n) is 9.07. The van der Waals surface area contributed by atoms with E-state index in [0.29, 0.717) is 6.61 Å². The highest BCUT2D eigenvalue weighted by molar-refractivity contribution is 7.10. The van der Waals surface area contributed by atoms with Gasteiger partial charge in [0.2, 0.25) is 0 Å². The summed E-state index contributed by atoms with van der Waals surface area (Å²) in [7, 11) is 0. The van der Waals surface area contributed by atoms with Crippen molar-refractivity contribution in [3.8, 4) is 17.6 Å². The Balaban J connectivity index is 1.91. The van der Waals surface area contributed by atoms with E-state index in [1.165, 1.54) is 0 Å². The van der Waals surface area contributed by atoms with Crippen molar-refractivity contribution in [2.24, 2.45) is 0 Å². The minimum Gasteiger partial charge on any atom is -0.481 e. The molecular weight excluding hydrogens is 216 g/mol. The van der Waals surface area contributed by atoms with Crippen LogP contribution in [0.3, 0.4) is 0 Å². The molecule has 0 atom stereocenters. The highest BCUT2D eigenvalue weighted by atomic mass is 32.1. The summed E-state index contributed by atoms with van der Waals surface area (Å²) in [5, 5.41) is 2.02. The Kier molecular flexibility index (Phi) is 3.63. The standard InChI is InChI=1S/C14H12OS/c1-12-6-2-3-9-14(12)15-10-4-7-13-8-5-11-16-13/h2-3,5-6,8-9,11H,10H2,1H3. The molecule has 0 saturated heterocycles. The molecule has 1 heterocycles. The number of hydrogen-bond acceptors (Lipinski definition) is 2. The minimum absolute atomic E-state index is 0.433. The summed E-state index contributed by atoms with van der Waals surface area (Å²) < 4.78 is 5.57. The Labute approximate surface area is 99.7 Å². The molecule has 2 heteroatoms. The van der Waals surface area contributed by atoms with Crippen LogP contribution >= 0.6 is 11.3 Å². The number of para-hydroxylation sites is 1. The van der Waals surface area contributed by atoms with Crippen LogP contribution in [-0.4, -0.2) is 6.61 Å². The van der Waals surface area contributed by atoms with Gasteiger partial charge < -0.3 is 4.74 Å². The molecule has 2 rings (SSSR count). The number of benzene rings is 1. The van der Waals surface area contributed by atoms with Crippen LogP contribution < -0.4 is 4.74 Å². The molecule has 80 valence electrons. The van der Waals surface area contributed by atoms with Gasteiger partial charge in [-0.1, -0.05) is 36.1 Å². The predicted octanol–water partition coefficient (Wildman–Crippen LogP) is 3.49. The van der Waals surface area contributed by atoms with Crippen LogP contribution in [0.15, 0.2) is 41.8 Å². The fraction of sp³-hybridized carbons (Fsp3) is 0.143. The second-order valence-corrected chi connectivity index (χ2v) is 4.28. The van der Waals surface area contributed by atoms with Gasteiger partial charge in [0.15, 0.2) is 0 Å². The fourth-order valence-electron chi connectivity index (χ4n) is 1.31. The zero-order chi connectivity index (χ0) is 11.2. The van der Waals surface area contributed by atoms with Crippen LogP contribution in [0.2, 0.25) is 0 Å². The molecule has 0 unspecified atom stereocenters. The summed E-state index contributed by atoms with van der Waals surface area (Å²) in [6.45, 7) is 2.46. The van der Waals surface area contributed by atoms with Crippen LogP contribution in [0.25, 0.3) is 0 Å². The monoisotopic (exact) mass is 228 g/mol. The first-order valence-electron chi connectivity index (χ1n) is 5.07. The van der Waals surface area contributed by atoms with Gasteiger partial charge in [-0.25, -0.2) is 0 Å². The van der Waals surface area contributed by atoms with Crippen molar-refractivity contribution in [2.75, 3.05) is 6.61 Å². The molecule has 0 bridgehead atoms. The lowest BCUT2D eigenvalue weighted by Gasteiger charge is -2.04. The molecule has 0 aliphatic heterocycles. The summed E-state index contributed by atoms with van der Waals surface area (Å²) in [4.78, 5) is 1.08. The Morgan fingerprint density at radius 3 is 2.81 bits per heavy atom. The molecule has 1 aromatic heterocycles. The van der Waals surface area contributed by atoms with E-state index in [4.69, 9.17) is 4.74 Å². The van der Waals surface area contributed by atoms with Gasteiger partial charge in [-0.2, -0.15) is 0 Å². The fourth-order valence-corrected chi connectivity index (χ4v) is 1.90. The number of thiophene rings is 1. The average molecular weight is 228 g/mol. The molecule has 1 aromatic carbocycles. The van der Waals surface area contributed by atoms with Crippen molar-refractivity contribution in [1.82, 2.24) is 0 Å². The Hall–Kier alpha value is -1.72. The van der Waals surface area contributed by atoms with E-state index in [9.17, 15) is 0 Å². The second-order valence-electron chi connectivity index (χ2n) is 3.33. The zero-order valence-corrected chi connectivity index (χ0v) is 9.88. The number of hydrogen-bond donors (Lipinski definition) is 0. The third-order valence-electron chi connectivity index (χ3n) is 2.13. The second kappa shape index (κ2) is 5.39. The molecule has 0 amide bonds. The quantitative estimate of drug-likeness (QED) is 0.715. The van der Waals surface area contributed by atoms with Crippen molar-refractivity contribution in [3.63, 3.8) is 0 Å². The highest BCUT2D eigenvalue weighted by Gasteiger charge is 1.94. The molecule has 0 N–H and O–H groups in total. The van der Waals surface area contributed by atoms with Crippen LogP contribution in [0.5, 0.6) is 5.75 Å². The van der Waals surface area contributed by atoms with E-state index in [1.807, 2.05) is 48.7 Å². The lowest BCUT2D eigenvalue weighted by Crippen LogP contribution is -1.95. The molecule has 0 fully saturated rings. The van der Waals surface area contributed by atoms with Gasteiger partial charge >= 0.3 is 0 Å². The van der Waals surface area contributed by atoms with Gasteiger partial charge in [-0.3, -0.25) is 0 Å². The Morgan fingerprint density at radius 2 is 2.06 bits per heavy atom. The largest absolute Gasteiger partial charge is 0.481 e. The lowest BCUT2D eigenvalue weighted by molar-refractivity contribution is 0.367. The van der Waals surface area contributed by atoms with E-state index in [0.717, 1.165) is 16.2 Å². The smallest absolute Gasteiger partial charge is 0.149 e. The molecule has 0 radical (unpaired) electrons. The van der Waals surface area contributed by atoms with Crippen molar-refractivity contribution in [3.05, 3.63) is 52.2 Å². The van der Waals surface area contributed by atoms with E-state index >= 15 is 0 Å². The van der Waals surface area contributed by atoms with Crippen LogP contribution in [0, 0.1) is 18.8 Å². The van der Waals surface area contributed by atoms with Crippen molar-refractivity contribution >= 4 is 11.3 Å². The van der Waals surface area contributed by atoms with Gasteiger partial charge in [-0.15, -0.1) is 11.3 Å². The molecule has 2 aromatic rings. The van der Waals surface area contributed by atoms with Crippen LogP contribution in [0.1, 0.15) is 10.4 Å². The maximum atomic E-state index is 5.57. The maximum absolute atomic E-state index is 5.57. The topological polar surface area (TPSA) is 9.23 Å². The van der Waals surface area contributed by atoms with Gasteiger partial charge in [0.1, 0.15) is 12.4 Å². The first kappa shape index (κ1) is 10.8. The summed E-state index contributed by atoms with van der Waals surface area (Å²) in [5.74, 6) is 6.97. The maximum Gasteiger partial charge on any atom is 0.149 e. The van der Waals surface area contributed by atoms with Gasteiger partial charge in [0, 0.05) is 0 Å². The molecule has 0 aliphatic carbocycles. The number of aryl methyl sites for hydroxylation is 1. The molecular formula is C14H12OS. The first-order valence-corrected chi connectivity index (χ1v) is 5.95. The first-order chi connectivity index (χ1) is 7.86. The van der Waals surface area contributed by atoms with E-state index < -0.39 is 0 Å². The highest BCUT2D eigenvalue weighted by Crippen LogP contribution is 2.15. The van der Waals surface area contributed by atoms with Crippen molar-refractivity contribution in [1.29, 1.82) is 0 Å². The SMILES string of the molecule is Cc1ccccc1OCC#Cc1cccs1. The third kappa shape index (κ3) is 2.88. The molecule has 1 nitrogen and oxygen atoms in total. The number of ether oxygens (including phenoxy) is 1. The summed E-state index contributed by atoms with van der Waals surface area (Å²) >= 11 is 1.64. The van der Waals surface area contributed by atoms with Gasteiger partial charge in [-0.05, 0) is 30.0 Å². The van der Waals surface area contributed by atoms with E-state index in [-0.39, 0.29) is 0 Å². The third-order valence-corrected chi connectivity index (χ3v) is 2.91. The van der Waals surface area contributed by atoms with Crippen LogP contribution in [0.4, 0.5) is 0 Å². The Morgan fingerprint density at radius 1 is 1.19 bits per heavy atom. The summed E-state index contributed by atoms with van der Waals surface area (Å²) in [5.41, 5.74) is 1.14. The molecule has 0 spiro atoms. The summed E-state index contributed by atoms with van der Waals surface area (Å²) in [6, 6.07) is 12.0.